The van der Waals surface area contributed by atoms with Gasteiger partial charge in [-0.3, -0.25) is 0 Å². The molecule has 8 heteroatoms. The summed E-state index contributed by atoms with van der Waals surface area (Å²) in [5, 5.41) is 8.27. The second kappa shape index (κ2) is 7.90. The topological polar surface area (TPSA) is 79.3 Å². The van der Waals surface area contributed by atoms with Crippen LogP contribution >= 0.6 is 0 Å². The van der Waals surface area contributed by atoms with Crippen LogP contribution in [0.15, 0.2) is 6.20 Å². The summed E-state index contributed by atoms with van der Waals surface area (Å²) in [6.07, 6.45) is 4.33. The highest BCUT2D eigenvalue weighted by molar-refractivity contribution is 7.91. The molecular weight excluding hydrogens is 314 g/mol. The Morgan fingerprint density at radius 2 is 1.91 bits per heavy atom. The molecule has 0 radical (unpaired) electrons. The van der Waals surface area contributed by atoms with Crippen LogP contribution in [0.25, 0.3) is 0 Å². The summed E-state index contributed by atoms with van der Waals surface area (Å²) in [7, 11) is -2.92. The molecule has 1 aromatic rings. The minimum atomic E-state index is -2.92. The Hall–Kier alpha value is -1.44. The van der Waals surface area contributed by atoms with Crippen molar-refractivity contribution in [2.75, 3.05) is 40.9 Å². The predicted octanol–water partition coefficient (Wildman–Crippen LogP) is 1.51. The van der Waals surface area contributed by atoms with E-state index in [1.54, 1.807) is 6.20 Å². The van der Waals surface area contributed by atoms with Gasteiger partial charge in [-0.2, -0.15) is 10.1 Å². The van der Waals surface area contributed by atoms with E-state index in [9.17, 15) is 8.42 Å². The first-order valence-electron chi connectivity index (χ1n) is 8.42. The lowest BCUT2D eigenvalue weighted by Gasteiger charge is -2.28. The Labute approximate surface area is 139 Å². The van der Waals surface area contributed by atoms with Crippen LogP contribution < -0.4 is 9.80 Å². The van der Waals surface area contributed by atoms with Gasteiger partial charge in [0.15, 0.2) is 15.7 Å². The maximum atomic E-state index is 11.8. The van der Waals surface area contributed by atoms with Crippen molar-refractivity contribution in [1.29, 1.82) is 0 Å². The molecular formula is C15H27N5O2S. The second-order valence-corrected chi connectivity index (χ2v) is 8.17. The fourth-order valence-corrected chi connectivity index (χ4v) is 4.77. The smallest absolute Gasteiger partial charge is 0.247 e. The molecule has 0 spiro atoms. The van der Waals surface area contributed by atoms with E-state index in [4.69, 9.17) is 0 Å². The van der Waals surface area contributed by atoms with Crippen LogP contribution in [0.4, 0.5) is 11.8 Å². The van der Waals surface area contributed by atoms with E-state index in [1.165, 1.54) is 0 Å². The lowest BCUT2D eigenvalue weighted by molar-refractivity contribution is 0.599. The summed E-state index contributed by atoms with van der Waals surface area (Å²) < 4.78 is 23.5. The minimum Gasteiger partial charge on any atom is -0.351 e. The average Bonchev–Trinajstić information content (AvgIpc) is 2.88. The lowest BCUT2D eigenvalue weighted by Crippen LogP contribution is -2.37. The molecule has 1 aliphatic heterocycles. The Bertz CT molecular complexity index is 602. The van der Waals surface area contributed by atoms with Crippen molar-refractivity contribution in [3.63, 3.8) is 0 Å². The molecule has 0 bridgehead atoms. The van der Waals surface area contributed by atoms with E-state index in [0.717, 1.165) is 31.7 Å². The van der Waals surface area contributed by atoms with Crippen molar-refractivity contribution in [3.05, 3.63) is 6.20 Å². The zero-order valence-corrected chi connectivity index (χ0v) is 15.1. The van der Waals surface area contributed by atoms with E-state index in [0.29, 0.717) is 18.9 Å². The van der Waals surface area contributed by atoms with Gasteiger partial charge in [0.1, 0.15) is 0 Å². The molecule has 7 nitrogen and oxygen atoms in total. The lowest BCUT2D eigenvalue weighted by atomic mass is 10.2. The number of rotatable bonds is 8. The van der Waals surface area contributed by atoms with Crippen molar-refractivity contribution in [3.8, 4) is 0 Å². The first-order chi connectivity index (χ1) is 11.0. The third-order valence-electron chi connectivity index (χ3n) is 4.09. The first kappa shape index (κ1) is 17.9. The molecule has 1 fully saturated rings. The Morgan fingerprint density at radius 1 is 1.22 bits per heavy atom. The van der Waals surface area contributed by atoms with Gasteiger partial charge in [-0.15, -0.1) is 5.10 Å². The number of nitrogens with zero attached hydrogens (tertiary/aromatic N) is 5. The molecule has 1 aliphatic rings. The third kappa shape index (κ3) is 4.53. The van der Waals surface area contributed by atoms with Gasteiger partial charge in [0.05, 0.1) is 17.7 Å². The van der Waals surface area contributed by atoms with Crippen molar-refractivity contribution < 1.29 is 8.42 Å². The van der Waals surface area contributed by atoms with Crippen LogP contribution in [0.2, 0.25) is 0 Å². The van der Waals surface area contributed by atoms with E-state index < -0.39 is 9.84 Å². The van der Waals surface area contributed by atoms with Crippen LogP contribution in [0.5, 0.6) is 0 Å². The SMILES string of the molecule is CCCN(CCC)c1nncc(N(CC)C2CCS(=O)(=O)C2)n1. The monoisotopic (exact) mass is 341 g/mol. The van der Waals surface area contributed by atoms with Gasteiger partial charge in [-0.05, 0) is 26.2 Å². The Morgan fingerprint density at radius 3 is 2.43 bits per heavy atom. The van der Waals surface area contributed by atoms with E-state index >= 15 is 0 Å². The first-order valence-corrected chi connectivity index (χ1v) is 10.2. The molecule has 0 saturated carbocycles. The van der Waals surface area contributed by atoms with Crippen molar-refractivity contribution in [2.24, 2.45) is 0 Å². The fraction of sp³-hybridized carbons (Fsp3) is 0.800. The molecule has 0 aliphatic carbocycles. The quantitative estimate of drug-likeness (QED) is 0.709. The van der Waals surface area contributed by atoms with Crippen molar-refractivity contribution in [2.45, 2.75) is 46.1 Å². The van der Waals surface area contributed by atoms with Crippen LogP contribution in [0.3, 0.4) is 0 Å². The van der Waals surface area contributed by atoms with Crippen LogP contribution in [-0.2, 0) is 9.84 Å². The molecule has 2 rings (SSSR count). The number of hydrogen-bond acceptors (Lipinski definition) is 7. The molecule has 2 heterocycles. The fourth-order valence-electron chi connectivity index (χ4n) is 3.04. The molecule has 1 saturated heterocycles. The van der Waals surface area contributed by atoms with Gasteiger partial charge >= 0.3 is 0 Å². The summed E-state index contributed by atoms with van der Waals surface area (Å²) >= 11 is 0. The van der Waals surface area contributed by atoms with Gasteiger partial charge in [-0.25, -0.2) is 8.42 Å². The number of aromatic nitrogens is 3. The van der Waals surface area contributed by atoms with Gasteiger partial charge in [0, 0.05) is 25.7 Å². The van der Waals surface area contributed by atoms with Crippen LogP contribution in [0.1, 0.15) is 40.0 Å². The van der Waals surface area contributed by atoms with Crippen LogP contribution in [0, 0.1) is 0 Å². The summed E-state index contributed by atoms with van der Waals surface area (Å²) in [5.74, 6) is 1.81. The largest absolute Gasteiger partial charge is 0.351 e. The molecule has 0 amide bonds. The van der Waals surface area contributed by atoms with Gasteiger partial charge in [-0.1, -0.05) is 13.8 Å². The summed E-state index contributed by atoms with van der Waals surface area (Å²) in [4.78, 5) is 8.83. The molecule has 130 valence electrons. The van der Waals surface area contributed by atoms with Gasteiger partial charge in [0.25, 0.3) is 0 Å². The highest BCUT2D eigenvalue weighted by atomic mass is 32.2. The molecule has 0 aromatic carbocycles. The molecule has 1 aromatic heterocycles. The number of sulfone groups is 1. The molecule has 23 heavy (non-hydrogen) atoms. The standard InChI is InChI=1S/C15H27N5O2S/c1-4-8-19(9-5-2)15-17-14(11-16-18-15)20(6-3)13-7-10-23(21,22)12-13/h11,13H,4-10,12H2,1-3H3. The van der Waals surface area contributed by atoms with Crippen molar-refractivity contribution >= 4 is 21.6 Å². The van der Waals surface area contributed by atoms with E-state index in [2.05, 4.69) is 33.9 Å². The summed E-state index contributed by atoms with van der Waals surface area (Å²) in [6.45, 7) is 8.76. The highest BCUT2D eigenvalue weighted by Gasteiger charge is 2.32. The maximum Gasteiger partial charge on any atom is 0.247 e. The van der Waals surface area contributed by atoms with Gasteiger partial charge in [0.2, 0.25) is 5.95 Å². The van der Waals surface area contributed by atoms with E-state index in [1.807, 2.05) is 11.8 Å². The Balaban J connectivity index is 2.22. The minimum absolute atomic E-state index is 0.0136. The molecule has 1 unspecified atom stereocenters. The highest BCUT2D eigenvalue weighted by Crippen LogP contribution is 2.23. The average molecular weight is 341 g/mol. The Kier molecular flexibility index (Phi) is 6.15. The third-order valence-corrected chi connectivity index (χ3v) is 5.84. The van der Waals surface area contributed by atoms with E-state index in [-0.39, 0.29) is 17.5 Å². The van der Waals surface area contributed by atoms with Crippen LogP contribution in [-0.4, -0.2) is 60.8 Å². The maximum absolute atomic E-state index is 11.8. The predicted molar refractivity (Wildman–Crippen MR) is 92.7 cm³/mol. The molecule has 1 atom stereocenters. The second-order valence-electron chi connectivity index (χ2n) is 5.94. The zero-order chi connectivity index (χ0) is 16.9. The summed E-state index contributed by atoms with van der Waals surface area (Å²) in [6, 6.07) is -0.0136. The van der Waals surface area contributed by atoms with Gasteiger partial charge < -0.3 is 9.80 Å². The number of hydrogen-bond donors (Lipinski definition) is 0. The molecule has 0 N–H and O–H groups in total. The zero-order valence-electron chi connectivity index (χ0n) is 14.3. The normalized spacial score (nSPS) is 19.7. The summed E-state index contributed by atoms with van der Waals surface area (Å²) in [5.41, 5.74) is 0. The number of anilines is 2. The van der Waals surface area contributed by atoms with Crippen molar-refractivity contribution in [1.82, 2.24) is 15.2 Å².